The zero-order valence-electron chi connectivity index (χ0n) is 21.1. The minimum absolute atomic E-state index is 0.00437. The number of rotatable bonds is 5. The number of carbonyl (C=O) groups excluding carboxylic acids is 2. The molecule has 5 rings (SSSR count). The molecule has 0 spiro atoms. The Kier molecular flexibility index (Phi) is 6.38. The summed E-state index contributed by atoms with van der Waals surface area (Å²) < 4.78 is 40.5. The van der Waals surface area contributed by atoms with E-state index < -0.39 is 51.2 Å². The van der Waals surface area contributed by atoms with Crippen molar-refractivity contribution in [3.05, 3.63) is 41.5 Å². The third-order valence-corrected chi connectivity index (χ3v) is 9.20. The summed E-state index contributed by atoms with van der Waals surface area (Å²) in [4.78, 5) is 28.7. The number of fused-ring (bicyclic) bond motifs is 1. The van der Waals surface area contributed by atoms with E-state index in [1.807, 2.05) is 20.8 Å². The average Bonchev–Trinajstić information content (AvgIpc) is 3.41. The van der Waals surface area contributed by atoms with Crippen molar-refractivity contribution in [3.8, 4) is 0 Å². The van der Waals surface area contributed by atoms with Gasteiger partial charge in [0, 0.05) is 25.1 Å². The van der Waals surface area contributed by atoms with Gasteiger partial charge >= 0.3 is 0 Å². The highest BCUT2D eigenvalue weighted by Crippen LogP contribution is 2.40. The van der Waals surface area contributed by atoms with Gasteiger partial charge in [0.15, 0.2) is 9.84 Å². The molecule has 0 radical (unpaired) electrons. The summed E-state index contributed by atoms with van der Waals surface area (Å²) in [5, 5.41) is 21.7. The van der Waals surface area contributed by atoms with Crippen molar-refractivity contribution < 1.29 is 27.5 Å². The van der Waals surface area contributed by atoms with Gasteiger partial charge in [0.25, 0.3) is 0 Å². The molecule has 2 aromatic rings. The zero-order valence-corrected chi connectivity index (χ0v) is 21.9. The maximum Gasteiger partial charge on any atom is 0.248 e. The van der Waals surface area contributed by atoms with Crippen LogP contribution in [0.3, 0.4) is 0 Å². The van der Waals surface area contributed by atoms with Gasteiger partial charge in [-0.1, -0.05) is 26.0 Å². The molecule has 37 heavy (non-hydrogen) atoms. The SMILES string of the molecule is CC(C)(C)[C@@H](C(=O)N1CC(O)CC1C(=O)NC1CCS(=O)(=O)c2ccc(F)cc21)n1cc(C2CC2)nn1. The van der Waals surface area contributed by atoms with Crippen LogP contribution in [-0.2, 0) is 19.4 Å². The highest BCUT2D eigenvalue weighted by molar-refractivity contribution is 7.91. The number of sulfone groups is 1. The molecule has 10 nitrogen and oxygen atoms in total. The van der Waals surface area contributed by atoms with Crippen LogP contribution in [0.25, 0.3) is 0 Å². The van der Waals surface area contributed by atoms with Crippen LogP contribution >= 0.6 is 0 Å². The number of hydrogen-bond donors (Lipinski definition) is 2. The first-order chi connectivity index (χ1) is 17.3. The van der Waals surface area contributed by atoms with Gasteiger partial charge in [-0.15, -0.1) is 5.10 Å². The van der Waals surface area contributed by atoms with Gasteiger partial charge in [0.1, 0.15) is 17.9 Å². The van der Waals surface area contributed by atoms with Gasteiger partial charge in [-0.05, 0) is 48.4 Å². The van der Waals surface area contributed by atoms with E-state index in [0.29, 0.717) is 5.92 Å². The maximum atomic E-state index is 14.0. The molecule has 1 saturated heterocycles. The van der Waals surface area contributed by atoms with Crippen molar-refractivity contribution in [1.82, 2.24) is 25.2 Å². The molecule has 1 saturated carbocycles. The number of hydrogen-bond acceptors (Lipinski definition) is 7. The topological polar surface area (TPSA) is 134 Å². The second-order valence-corrected chi connectivity index (χ2v) is 13.5. The molecule has 3 heterocycles. The van der Waals surface area contributed by atoms with Gasteiger partial charge in [0.05, 0.1) is 28.5 Å². The molecule has 2 aliphatic heterocycles. The highest BCUT2D eigenvalue weighted by atomic mass is 32.2. The number of aliphatic hydroxyl groups excluding tert-OH is 1. The van der Waals surface area contributed by atoms with E-state index in [9.17, 15) is 27.5 Å². The minimum atomic E-state index is -3.58. The number of aromatic nitrogens is 3. The predicted octanol–water partition coefficient (Wildman–Crippen LogP) is 1.88. The van der Waals surface area contributed by atoms with Crippen LogP contribution < -0.4 is 5.32 Å². The normalized spacial score (nSPS) is 26.0. The quantitative estimate of drug-likeness (QED) is 0.561. The summed E-state index contributed by atoms with van der Waals surface area (Å²) in [7, 11) is -3.58. The molecule has 12 heteroatoms. The Labute approximate surface area is 215 Å². The highest BCUT2D eigenvalue weighted by Gasteiger charge is 2.46. The molecule has 2 N–H and O–H groups in total. The van der Waals surface area contributed by atoms with Gasteiger partial charge in [-0.3, -0.25) is 9.59 Å². The summed E-state index contributed by atoms with van der Waals surface area (Å²) in [6.07, 6.45) is 3.11. The molecular formula is C25H32FN5O5S. The number of halogens is 1. The number of aliphatic hydroxyl groups is 1. The lowest BCUT2D eigenvalue weighted by atomic mass is 9.85. The van der Waals surface area contributed by atoms with Crippen molar-refractivity contribution in [2.75, 3.05) is 12.3 Å². The summed E-state index contributed by atoms with van der Waals surface area (Å²) in [6, 6.07) is 0.986. The largest absolute Gasteiger partial charge is 0.391 e. The lowest BCUT2D eigenvalue weighted by Crippen LogP contribution is -2.51. The molecule has 2 fully saturated rings. The third kappa shape index (κ3) is 5.00. The lowest BCUT2D eigenvalue weighted by molar-refractivity contribution is -0.144. The standard InChI is InChI=1S/C25H32FN5O5S/c1-25(2,3)22(31-13-19(28-29-31)14-4-5-14)24(34)30-12-16(32)11-20(30)23(33)27-18-8-9-37(35,36)21-7-6-15(26)10-17(18)21/h6-7,10,13-14,16,18,20,22,32H,4-5,8-9,11-12H2,1-3H3,(H,27,33)/t16?,18?,20?,22-/m1/s1. The predicted molar refractivity (Wildman–Crippen MR) is 131 cm³/mol. The second kappa shape index (κ2) is 9.16. The molecule has 1 aliphatic carbocycles. The Morgan fingerprint density at radius 3 is 2.62 bits per heavy atom. The molecule has 1 aromatic heterocycles. The Morgan fingerprint density at radius 2 is 1.95 bits per heavy atom. The number of nitrogens with one attached hydrogen (secondary N) is 1. The number of likely N-dealkylation sites (tertiary alicyclic amines) is 1. The zero-order chi connectivity index (χ0) is 26.7. The number of nitrogens with zero attached hydrogens (tertiary/aromatic N) is 4. The van der Waals surface area contributed by atoms with Crippen molar-refractivity contribution in [3.63, 3.8) is 0 Å². The first kappa shape index (κ1) is 25.8. The van der Waals surface area contributed by atoms with E-state index in [1.165, 1.54) is 11.0 Å². The van der Waals surface area contributed by atoms with Crippen LogP contribution in [-0.4, -0.2) is 69.7 Å². The molecule has 3 unspecified atom stereocenters. The van der Waals surface area contributed by atoms with Crippen LogP contribution in [0.4, 0.5) is 4.39 Å². The summed E-state index contributed by atoms with van der Waals surface area (Å²) in [5.41, 5.74) is 0.476. The van der Waals surface area contributed by atoms with Crippen LogP contribution in [0.1, 0.15) is 75.7 Å². The van der Waals surface area contributed by atoms with E-state index in [1.54, 1.807) is 10.9 Å². The molecule has 3 aliphatic rings. The van der Waals surface area contributed by atoms with Crippen molar-refractivity contribution in [2.45, 2.75) is 81.5 Å². The van der Waals surface area contributed by atoms with E-state index in [2.05, 4.69) is 15.6 Å². The van der Waals surface area contributed by atoms with Crippen LogP contribution in [0.5, 0.6) is 0 Å². The summed E-state index contributed by atoms with van der Waals surface area (Å²) in [5.74, 6) is -1.30. The maximum absolute atomic E-state index is 14.0. The van der Waals surface area contributed by atoms with E-state index in [-0.39, 0.29) is 41.5 Å². The van der Waals surface area contributed by atoms with Crippen LogP contribution in [0.2, 0.25) is 0 Å². The number of benzene rings is 1. The number of β-amino-alcohol motifs (C(OH)–C–C–N with tert-alkyl or cyclic N) is 1. The van der Waals surface area contributed by atoms with Gasteiger partial charge in [-0.25, -0.2) is 17.5 Å². The fraction of sp³-hybridized carbons (Fsp3) is 0.600. The minimum Gasteiger partial charge on any atom is -0.391 e. The van der Waals surface area contributed by atoms with Crippen LogP contribution in [0, 0.1) is 11.2 Å². The first-order valence-corrected chi connectivity index (χ1v) is 14.2. The molecule has 4 atom stereocenters. The molecule has 200 valence electrons. The molecule has 2 amide bonds. The third-order valence-electron chi connectivity index (χ3n) is 7.38. The van der Waals surface area contributed by atoms with Crippen molar-refractivity contribution in [2.24, 2.45) is 5.41 Å². The molecule has 1 aromatic carbocycles. The van der Waals surface area contributed by atoms with E-state index in [4.69, 9.17) is 0 Å². The number of carbonyl (C=O) groups is 2. The Hall–Kier alpha value is -2.86. The first-order valence-electron chi connectivity index (χ1n) is 12.6. The molecular weight excluding hydrogens is 501 g/mol. The second-order valence-electron chi connectivity index (χ2n) is 11.4. The number of amides is 2. The fourth-order valence-corrected chi connectivity index (χ4v) is 6.96. The van der Waals surface area contributed by atoms with Gasteiger partial charge < -0.3 is 15.3 Å². The summed E-state index contributed by atoms with van der Waals surface area (Å²) >= 11 is 0. The Morgan fingerprint density at radius 1 is 1.22 bits per heavy atom. The smallest absolute Gasteiger partial charge is 0.248 e. The van der Waals surface area contributed by atoms with Crippen LogP contribution in [0.15, 0.2) is 29.3 Å². The fourth-order valence-electron chi connectivity index (χ4n) is 5.36. The molecule has 0 bridgehead atoms. The van der Waals surface area contributed by atoms with Crippen molar-refractivity contribution in [1.29, 1.82) is 0 Å². The van der Waals surface area contributed by atoms with Crippen molar-refractivity contribution >= 4 is 21.7 Å². The average molecular weight is 534 g/mol. The van der Waals surface area contributed by atoms with E-state index >= 15 is 0 Å². The Balaban J connectivity index is 1.39. The monoisotopic (exact) mass is 533 g/mol. The lowest BCUT2D eigenvalue weighted by Gasteiger charge is -2.35. The summed E-state index contributed by atoms with van der Waals surface area (Å²) in [6.45, 7) is 5.70. The van der Waals surface area contributed by atoms with Gasteiger partial charge in [0.2, 0.25) is 11.8 Å². The van der Waals surface area contributed by atoms with E-state index in [0.717, 1.165) is 30.7 Å². The van der Waals surface area contributed by atoms with Gasteiger partial charge in [-0.2, -0.15) is 0 Å². The Bertz CT molecular complexity index is 1330.